The monoisotopic (exact) mass is 365 g/mol. The average Bonchev–Trinajstić information content (AvgIpc) is 2.93. The summed E-state index contributed by atoms with van der Waals surface area (Å²) in [6.45, 7) is 1.07. The first-order valence-electron chi connectivity index (χ1n) is 7.19. The van der Waals surface area contributed by atoms with Crippen molar-refractivity contribution in [2.24, 2.45) is 5.73 Å². The second-order valence-corrected chi connectivity index (χ2v) is 9.00. The molecule has 1 saturated heterocycles. The number of sulfonamides is 1. The first kappa shape index (κ1) is 17.7. The van der Waals surface area contributed by atoms with Crippen molar-refractivity contribution in [2.75, 3.05) is 19.6 Å². The number of nitrogens with two attached hydrogens (primary N) is 1. The van der Waals surface area contributed by atoms with Crippen LogP contribution in [0.25, 0.3) is 0 Å². The maximum Gasteiger partial charge on any atom is 0.252 e. The van der Waals surface area contributed by atoms with Gasteiger partial charge in [-0.2, -0.15) is 4.31 Å². The van der Waals surface area contributed by atoms with Gasteiger partial charge in [-0.15, -0.1) is 11.3 Å². The lowest BCUT2D eigenvalue weighted by Crippen LogP contribution is -2.49. The zero-order chi connectivity index (χ0) is 16.2. The summed E-state index contributed by atoms with van der Waals surface area (Å²) in [6, 6.07) is 2.89. The maximum absolute atomic E-state index is 12.7. The number of carbonyl (C=O) groups excluding carboxylic acids is 1. The van der Waals surface area contributed by atoms with Crippen molar-refractivity contribution >= 4 is 38.9 Å². The fourth-order valence-corrected chi connectivity index (χ4v) is 5.80. The van der Waals surface area contributed by atoms with Crippen LogP contribution in [0.1, 0.15) is 25.7 Å². The van der Waals surface area contributed by atoms with Gasteiger partial charge < -0.3 is 11.1 Å². The highest BCUT2D eigenvalue weighted by atomic mass is 35.5. The molecule has 1 aliphatic heterocycles. The molecule has 124 valence electrons. The van der Waals surface area contributed by atoms with Crippen molar-refractivity contribution in [3.05, 3.63) is 16.5 Å². The van der Waals surface area contributed by atoms with Gasteiger partial charge in [0.1, 0.15) is 4.21 Å². The van der Waals surface area contributed by atoms with Crippen LogP contribution in [-0.4, -0.2) is 44.3 Å². The predicted molar refractivity (Wildman–Crippen MR) is 87.5 cm³/mol. The average molecular weight is 366 g/mol. The van der Waals surface area contributed by atoms with Gasteiger partial charge in [-0.05, 0) is 25.0 Å². The molecule has 0 bridgehead atoms. The molecule has 1 aliphatic rings. The van der Waals surface area contributed by atoms with Crippen LogP contribution in [0, 0.1) is 0 Å². The Morgan fingerprint density at radius 3 is 2.86 bits per heavy atom. The molecular formula is C13H20ClN3O3S2. The Balaban J connectivity index is 2.10. The molecule has 1 amide bonds. The molecule has 22 heavy (non-hydrogen) atoms. The van der Waals surface area contributed by atoms with E-state index in [4.69, 9.17) is 17.3 Å². The third kappa shape index (κ3) is 4.20. The highest BCUT2D eigenvalue weighted by Gasteiger charge is 2.34. The van der Waals surface area contributed by atoms with E-state index in [0.717, 1.165) is 30.6 Å². The molecule has 3 N–H and O–H groups in total. The fraction of sp³-hybridized carbons (Fsp3) is 0.615. The van der Waals surface area contributed by atoms with Gasteiger partial charge in [0, 0.05) is 32.1 Å². The normalized spacial score (nSPS) is 20.0. The summed E-state index contributed by atoms with van der Waals surface area (Å²) in [6.07, 6.45) is 2.77. The van der Waals surface area contributed by atoms with Gasteiger partial charge in [0.25, 0.3) is 10.0 Å². The van der Waals surface area contributed by atoms with Gasteiger partial charge in [-0.25, -0.2) is 8.42 Å². The third-order valence-electron chi connectivity index (χ3n) is 3.59. The molecule has 1 fully saturated rings. The van der Waals surface area contributed by atoms with E-state index in [1.807, 2.05) is 0 Å². The smallest absolute Gasteiger partial charge is 0.252 e. The zero-order valence-corrected chi connectivity index (χ0v) is 14.5. The Kier molecular flexibility index (Phi) is 6.22. The lowest BCUT2D eigenvalue weighted by Gasteiger charge is -2.34. The summed E-state index contributed by atoms with van der Waals surface area (Å²) >= 11 is 6.90. The molecule has 0 aromatic carbocycles. The number of nitrogens with zero attached hydrogens (tertiary/aromatic N) is 1. The highest BCUT2D eigenvalue weighted by molar-refractivity contribution is 7.91. The molecule has 1 unspecified atom stereocenters. The first-order valence-corrected chi connectivity index (χ1v) is 9.82. The molecule has 0 saturated carbocycles. The van der Waals surface area contributed by atoms with E-state index < -0.39 is 10.0 Å². The summed E-state index contributed by atoms with van der Waals surface area (Å²) in [4.78, 5) is 11.5. The molecule has 0 spiro atoms. The van der Waals surface area contributed by atoms with Gasteiger partial charge >= 0.3 is 0 Å². The second-order valence-electron chi connectivity index (χ2n) is 5.17. The third-order valence-corrected chi connectivity index (χ3v) is 7.24. The van der Waals surface area contributed by atoms with E-state index >= 15 is 0 Å². The molecule has 1 atom stereocenters. The number of nitrogens with one attached hydrogen (secondary N) is 1. The van der Waals surface area contributed by atoms with Crippen LogP contribution in [0.15, 0.2) is 16.3 Å². The molecular weight excluding hydrogens is 346 g/mol. The van der Waals surface area contributed by atoms with Crippen molar-refractivity contribution in [1.82, 2.24) is 9.62 Å². The largest absolute Gasteiger partial charge is 0.354 e. The standard InChI is InChI=1S/C13H20ClN3O3S2/c14-11-4-5-13(21-11)22(19,20)17-8-2-1-3-10(17)9-16-12(18)6-7-15/h4-5,10H,1-3,6-9,15H2,(H,16,18). The quantitative estimate of drug-likeness (QED) is 0.797. The summed E-state index contributed by atoms with van der Waals surface area (Å²) in [7, 11) is -3.56. The van der Waals surface area contributed by atoms with Crippen molar-refractivity contribution < 1.29 is 13.2 Å². The Hall–Kier alpha value is -0.670. The van der Waals surface area contributed by atoms with Crippen LogP contribution in [-0.2, 0) is 14.8 Å². The fourth-order valence-electron chi connectivity index (χ4n) is 2.50. The lowest BCUT2D eigenvalue weighted by molar-refractivity contribution is -0.121. The van der Waals surface area contributed by atoms with E-state index in [1.165, 1.54) is 10.4 Å². The number of thiophene rings is 1. The minimum atomic E-state index is -3.56. The number of halogens is 1. The Bertz CT molecular complexity index is 618. The van der Waals surface area contributed by atoms with Gasteiger partial charge in [-0.1, -0.05) is 18.0 Å². The number of piperidine rings is 1. The van der Waals surface area contributed by atoms with Gasteiger partial charge in [-0.3, -0.25) is 4.79 Å². The summed E-state index contributed by atoms with van der Waals surface area (Å²) in [5, 5.41) is 2.76. The predicted octanol–water partition coefficient (Wildman–Crippen LogP) is 1.41. The van der Waals surface area contributed by atoms with E-state index in [2.05, 4.69) is 5.32 Å². The van der Waals surface area contributed by atoms with Crippen LogP contribution in [0.2, 0.25) is 4.34 Å². The van der Waals surface area contributed by atoms with Crippen LogP contribution in [0.4, 0.5) is 0 Å². The Morgan fingerprint density at radius 1 is 1.45 bits per heavy atom. The van der Waals surface area contributed by atoms with E-state index in [9.17, 15) is 13.2 Å². The van der Waals surface area contributed by atoms with Crippen LogP contribution >= 0.6 is 22.9 Å². The van der Waals surface area contributed by atoms with Crippen molar-refractivity contribution in [2.45, 2.75) is 35.9 Å². The van der Waals surface area contributed by atoms with Gasteiger partial charge in [0.15, 0.2) is 0 Å². The van der Waals surface area contributed by atoms with Crippen molar-refractivity contribution in [1.29, 1.82) is 0 Å². The second kappa shape index (κ2) is 7.74. The number of carbonyl (C=O) groups is 1. The molecule has 6 nitrogen and oxygen atoms in total. The minimum absolute atomic E-state index is 0.149. The zero-order valence-electron chi connectivity index (χ0n) is 12.1. The SMILES string of the molecule is NCCC(=O)NCC1CCCCN1S(=O)(=O)c1ccc(Cl)s1. The van der Waals surface area contributed by atoms with Crippen LogP contribution in [0.5, 0.6) is 0 Å². The first-order chi connectivity index (χ1) is 10.4. The Morgan fingerprint density at radius 2 is 2.23 bits per heavy atom. The topological polar surface area (TPSA) is 92.5 Å². The molecule has 0 radical (unpaired) electrons. The maximum atomic E-state index is 12.7. The van der Waals surface area contributed by atoms with E-state index in [0.29, 0.717) is 17.4 Å². The molecule has 1 aromatic rings. The van der Waals surface area contributed by atoms with Crippen LogP contribution < -0.4 is 11.1 Å². The summed E-state index contributed by atoms with van der Waals surface area (Å²) in [5.74, 6) is -0.149. The number of hydrogen-bond acceptors (Lipinski definition) is 5. The lowest BCUT2D eigenvalue weighted by atomic mass is 10.1. The molecule has 2 heterocycles. The number of amides is 1. The summed E-state index contributed by atoms with van der Waals surface area (Å²) < 4.78 is 27.6. The summed E-state index contributed by atoms with van der Waals surface area (Å²) in [5.41, 5.74) is 5.33. The molecule has 9 heteroatoms. The number of hydrogen-bond donors (Lipinski definition) is 2. The number of rotatable bonds is 6. The molecule has 0 aliphatic carbocycles. The van der Waals surface area contributed by atoms with Gasteiger partial charge in [0.05, 0.1) is 4.34 Å². The minimum Gasteiger partial charge on any atom is -0.354 e. The van der Waals surface area contributed by atoms with Crippen molar-refractivity contribution in [3.63, 3.8) is 0 Å². The van der Waals surface area contributed by atoms with E-state index in [1.54, 1.807) is 6.07 Å². The highest BCUT2D eigenvalue weighted by Crippen LogP contribution is 2.31. The van der Waals surface area contributed by atoms with Gasteiger partial charge in [0.2, 0.25) is 5.91 Å². The van der Waals surface area contributed by atoms with Crippen LogP contribution in [0.3, 0.4) is 0 Å². The molecule has 2 rings (SSSR count). The Labute approximate surface area is 139 Å². The molecule has 1 aromatic heterocycles. The van der Waals surface area contributed by atoms with E-state index in [-0.39, 0.29) is 29.1 Å². The van der Waals surface area contributed by atoms with Crippen molar-refractivity contribution in [3.8, 4) is 0 Å².